The number of anilines is 1. The van der Waals surface area contributed by atoms with E-state index in [9.17, 15) is 39.6 Å². The van der Waals surface area contributed by atoms with Gasteiger partial charge < -0.3 is 31.5 Å². The number of fused-ring (bicyclic) bond motifs is 3. The number of benzene rings is 1. The van der Waals surface area contributed by atoms with E-state index in [1.165, 1.54) is 19.0 Å². The second-order valence-electron chi connectivity index (χ2n) is 11.7. The minimum Gasteiger partial charge on any atom is -0.510 e. The number of primary amides is 1. The van der Waals surface area contributed by atoms with Crippen LogP contribution in [0.25, 0.3) is 0 Å². The van der Waals surface area contributed by atoms with Crippen LogP contribution in [-0.4, -0.2) is 86.6 Å². The molecule has 222 valence electrons. The van der Waals surface area contributed by atoms with E-state index < -0.39 is 97.9 Å². The molecule has 0 bridgehead atoms. The first-order valence-corrected chi connectivity index (χ1v) is 12.8. The average molecular weight is 577 g/mol. The number of amides is 2. The zero-order chi connectivity index (χ0) is 30.8. The minimum absolute atomic E-state index is 0.177. The quantitative estimate of drug-likeness (QED) is 0.141. The molecular formula is C27H33FN4O9. The molecule has 4 atom stereocenters. The van der Waals surface area contributed by atoms with Crippen molar-refractivity contribution in [3.05, 3.63) is 45.7 Å². The van der Waals surface area contributed by atoms with Crippen molar-refractivity contribution in [2.24, 2.45) is 17.6 Å². The highest BCUT2D eigenvalue weighted by atomic mass is 19.1. The van der Waals surface area contributed by atoms with E-state index in [1.54, 1.807) is 20.8 Å². The Balaban J connectivity index is 1.77. The molecule has 0 radical (unpaired) electrons. The molecule has 0 saturated carbocycles. The van der Waals surface area contributed by atoms with Crippen molar-refractivity contribution in [2.75, 3.05) is 26.0 Å². The number of aliphatic hydroxyl groups excluding tert-OH is 2. The van der Waals surface area contributed by atoms with E-state index in [2.05, 4.69) is 10.8 Å². The first-order chi connectivity index (χ1) is 18.9. The van der Waals surface area contributed by atoms with E-state index in [4.69, 9.17) is 10.6 Å². The fourth-order valence-electron chi connectivity index (χ4n) is 5.88. The third-order valence-corrected chi connectivity index (χ3v) is 7.55. The summed E-state index contributed by atoms with van der Waals surface area (Å²) in [5.74, 6) is -10.1. The monoisotopic (exact) mass is 576 g/mol. The lowest BCUT2D eigenvalue weighted by Gasteiger charge is -2.50. The second-order valence-corrected chi connectivity index (χ2v) is 11.7. The maximum atomic E-state index is 15.3. The van der Waals surface area contributed by atoms with E-state index >= 15 is 4.39 Å². The Hall–Kier alpha value is -3.85. The Morgan fingerprint density at radius 2 is 1.85 bits per heavy atom. The molecule has 0 heterocycles. The van der Waals surface area contributed by atoms with Gasteiger partial charge in [-0.2, -0.15) is 5.48 Å². The number of nitrogens with one attached hydrogen (secondary N) is 2. The highest BCUT2D eigenvalue weighted by Crippen LogP contribution is 2.53. The van der Waals surface area contributed by atoms with Gasteiger partial charge in [-0.05, 0) is 53.6 Å². The Kier molecular flexibility index (Phi) is 7.50. The molecule has 0 unspecified atom stereocenters. The molecule has 2 amide bonds. The molecule has 1 aromatic rings. The Bertz CT molecular complexity index is 1430. The van der Waals surface area contributed by atoms with Crippen molar-refractivity contribution in [1.82, 2.24) is 10.4 Å². The van der Waals surface area contributed by atoms with Gasteiger partial charge in [-0.25, -0.2) is 4.39 Å². The number of hydrogen-bond acceptors (Lipinski definition) is 11. The van der Waals surface area contributed by atoms with E-state index in [-0.39, 0.29) is 24.9 Å². The van der Waals surface area contributed by atoms with Gasteiger partial charge in [0.1, 0.15) is 29.5 Å². The fourth-order valence-corrected chi connectivity index (χ4v) is 5.88. The lowest BCUT2D eigenvalue weighted by Crippen LogP contribution is -2.63. The number of rotatable bonds is 6. The maximum Gasteiger partial charge on any atom is 0.255 e. The van der Waals surface area contributed by atoms with E-state index in [0.29, 0.717) is 0 Å². The number of nitrogens with zero attached hydrogens (tertiary/aromatic N) is 1. The molecule has 0 aromatic heterocycles. The van der Waals surface area contributed by atoms with Crippen LogP contribution in [-0.2, 0) is 25.6 Å². The van der Waals surface area contributed by atoms with Crippen molar-refractivity contribution < 1.29 is 48.8 Å². The molecule has 0 fully saturated rings. The predicted molar refractivity (Wildman–Crippen MR) is 141 cm³/mol. The molecule has 4 rings (SSSR count). The van der Waals surface area contributed by atoms with Crippen LogP contribution in [0.1, 0.15) is 43.1 Å². The molecule has 3 aliphatic rings. The molecule has 8 N–H and O–H groups in total. The van der Waals surface area contributed by atoms with Crippen LogP contribution in [0.15, 0.2) is 28.7 Å². The summed E-state index contributed by atoms with van der Waals surface area (Å²) in [6.45, 7) is 4.85. The first-order valence-electron chi connectivity index (χ1n) is 12.8. The van der Waals surface area contributed by atoms with Crippen molar-refractivity contribution in [3.63, 3.8) is 0 Å². The van der Waals surface area contributed by atoms with Crippen LogP contribution in [0.4, 0.5) is 10.1 Å². The van der Waals surface area contributed by atoms with Gasteiger partial charge in [-0.1, -0.05) is 0 Å². The predicted octanol–water partition coefficient (Wildman–Crippen LogP) is 0.518. The number of allylic oxidation sites excluding steroid dienone is 1. The summed E-state index contributed by atoms with van der Waals surface area (Å²) in [4.78, 5) is 58.1. The van der Waals surface area contributed by atoms with Gasteiger partial charge in [0, 0.05) is 23.1 Å². The van der Waals surface area contributed by atoms with Crippen LogP contribution in [0, 0.1) is 17.7 Å². The molecular weight excluding hydrogens is 543 g/mol. The number of phenols is 1. The number of carbonyl (C=O) groups excluding carboxylic acids is 4. The smallest absolute Gasteiger partial charge is 0.255 e. The molecule has 3 aliphatic carbocycles. The van der Waals surface area contributed by atoms with Crippen molar-refractivity contribution in [3.8, 4) is 5.75 Å². The first kappa shape index (κ1) is 30.1. The zero-order valence-electron chi connectivity index (χ0n) is 23.2. The van der Waals surface area contributed by atoms with Crippen molar-refractivity contribution in [2.45, 2.75) is 50.9 Å². The number of ketones is 2. The second kappa shape index (κ2) is 10.2. The van der Waals surface area contributed by atoms with Crippen molar-refractivity contribution >= 4 is 29.1 Å². The average Bonchev–Trinajstić information content (AvgIpc) is 2.83. The maximum absolute atomic E-state index is 15.3. The summed E-state index contributed by atoms with van der Waals surface area (Å²) >= 11 is 0. The van der Waals surface area contributed by atoms with Gasteiger partial charge in [0.15, 0.2) is 17.1 Å². The summed E-state index contributed by atoms with van der Waals surface area (Å²) in [5.41, 5.74) is 1.79. The number of hydrogen-bond donors (Lipinski definition) is 7. The number of aromatic hydroxyl groups is 1. The van der Waals surface area contributed by atoms with Gasteiger partial charge in [0.25, 0.3) is 5.91 Å². The Labute approximate surface area is 234 Å². The Morgan fingerprint density at radius 1 is 1.22 bits per heavy atom. The number of hydroxylamine groups is 1. The molecule has 0 saturated heterocycles. The summed E-state index contributed by atoms with van der Waals surface area (Å²) in [5, 5.41) is 46.9. The molecule has 1 aromatic carbocycles. The summed E-state index contributed by atoms with van der Waals surface area (Å²) in [6.07, 6.45) is -0.396. The normalized spacial score (nSPS) is 26.1. The van der Waals surface area contributed by atoms with Crippen LogP contribution in [0.2, 0.25) is 0 Å². The highest BCUT2D eigenvalue weighted by Gasteiger charge is 2.63. The number of Topliss-reactive ketones (excluding diaryl/α,β-unsaturated/α-hetero) is 2. The highest BCUT2D eigenvalue weighted by molar-refractivity contribution is 6.25. The standard InChI is InChI=1S/C27H33FN4O9/c1-26(2,3)41-30-9-15(33)31-14-8-13(28)11-6-10-7-12-19(32(4)5)22(36)18(25(29)39)24(38)27(12,40)23(37)16(10)21(35)17(11)20(14)34/h8,10,12,19,30,34,36-37,40H,6-7,9H2,1-5H3,(H2,29,39)(H,31,33)/t10-,12-,19-,27-/m0/s1. The van der Waals surface area contributed by atoms with E-state index in [0.717, 1.165) is 6.07 Å². The molecule has 0 spiro atoms. The third-order valence-electron chi connectivity index (χ3n) is 7.55. The van der Waals surface area contributed by atoms with E-state index in [1.807, 2.05) is 0 Å². The van der Waals surface area contributed by atoms with Crippen LogP contribution >= 0.6 is 0 Å². The lowest BCUT2D eigenvalue weighted by atomic mass is 9.58. The fraction of sp³-hybridized carbons (Fsp3) is 0.481. The summed E-state index contributed by atoms with van der Waals surface area (Å²) in [7, 11) is 3.01. The summed E-state index contributed by atoms with van der Waals surface area (Å²) in [6, 6.07) is -0.301. The SMILES string of the molecule is CN(C)[C@@H]1C(O)=C(C(N)=O)C(=O)[C@@]2(O)C(O)=C3C(=O)c4c(O)c(NC(=O)CNOC(C)(C)C)cc(F)c4C[C@H]3C[C@@H]12. The van der Waals surface area contributed by atoms with Gasteiger partial charge in [-0.15, -0.1) is 0 Å². The molecule has 0 aliphatic heterocycles. The van der Waals surface area contributed by atoms with Gasteiger partial charge in [0.2, 0.25) is 11.7 Å². The summed E-state index contributed by atoms with van der Waals surface area (Å²) < 4.78 is 15.3. The van der Waals surface area contributed by atoms with Gasteiger partial charge in [0.05, 0.1) is 22.9 Å². The number of likely N-dealkylation sites (N-methyl/N-ethyl adjacent to an activating group) is 1. The lowest BCUT2D eigenvalue weighted by molar-refractivity contribution is -0.148. The van der Waals surface area contributed by atoms with Crippen LogP contribution < -0.4 is 16.5 Å². The Morgan fingerprint density at radius 3 is 2.41 bits per heavy atom. The van der Waals surface area contributed by atoms with Gasteiger partial charge >= 0.3 is 0 Å². The number of phenolic OH excluding ortho intramolecular Hbond substituents is 1. The topological polar surface area (TPSA) is 212 Å². The minimum atomic E-state index is -2.82. The van der Waals surface area contributed by atoms with Crippen LogP contribution in [0.5, 0.6) is 5.75 Å². The largest absolute Gasteiger partial charge is 0.510 e. The number of carbonyl (C=O) groups is 4. The molecule has 41 heavy (non-hydrogen) atoms. The number of nitrogens with two attached hydrogens (primary N) is 1. The molecule has 14 heteroatoms. The number of aliphatic hydroxyl groups is 3. The number of halogens is 1. The van der Waals surface area contributed by atoms with Gasteiger partial charge in [-0.3, -0.25) is 28.9 Å². The molecule has 13 nitrogen and oxygen atoms in total. The third kappa shape index (κ3) is 4.86. The zero-order valence-corrected chi connectivity index (χ0v) is 23.2. The van der Waals surface area contributed by atoms with Crippen LogP contribution in [0.3, 0.4) is 0 Å². The van der Waals surface area contributed by atoms with Crippen molar-refractivity contribution in [1.29, 1.82) is 0 Å².